The van der Waals surface area contributed by atoms with Crippen molar-refractivity contribution in [2.24, 2.45) is 5.92 Å². The summed E-state index contributed by atoms with van der Waals surface area (Å²) >= 11 is 8.65. The summed E-state index contributed by atoms with van der Waals surface area (Å²) in [4.78, 5) is 2.46. The van der Waals surface area contributed by atoms with Crippen molar-refractivity contribution in [3.63, 3.8) is 0 Å². The Labute approximate surface area is 116 Å². The third-order valence-corrected chi connectivity index (χ3v) is 4.56. The van der Waals surface area contributed by atoms with Gasteiger partial charge in [0.1, 0.15) is 0 Å². The summed E-state index contributed by atoms with van der Waals surface area (Å²) in [6.45, 7) is 5.48. The number of hydrogen-bond donors (Lipinski definition) is 0. The highest BCUT2D eigenvalue weighted by Crippen LogP contribution is 2.23. The van der Waals surface area contributed by atoms with Gasteiger partial charge in [-0.3, -0.25) is 4.90 Å². The van der Waals surface area contributed by atoms with Crippen molar-refractivity contribution >= 4 is 34.2 Å². The van der Waals surface area contributed by atoms with Gasteiger partial charge in [0.2, 0.25) is 0 Å². The predicted molar refractivity (Wildman–Crippen MR) is 77.9 cm³/mol. The average Bonchev–Trinajstić information content (AvgIpc) is 2.27. The molecule has 0 N–H and O–H groups in total. The molecule has 2 rings (SSSR count). The Bertz CT molecular complexity index is 338. The van der Waals surface area contributed by atoms with E-state index in [0.717, 1.165) is 13.1 Å². The van der Waals surface area contributed by atoms with E-state index in [1.54, 1.807) is 0 Å². The topological polar surface area (TPSA) is 3.24 Å². The van der Waals surface area contributed by atoms with Crippen LogP contribution in [0.1, 0.15) is 18.9 Å². The second-order valence-electron chi connectivity index (χ2n) is 4.64. The quantitative estimate of drug-likeness (QED) is 0.581. The van der Waals surface area contributed by atoms with Gasteiger partial charge in [-0.1, -0.05) is 19.1 Å². The van der Waals surface area contributed by atoms with E-state index < -0.39 is 0 Å². The Morgan fingerprint density at radius 1 is 1.38 bits per heavy atom. The van der Waals surface area contributed by atoms with Gasteiger partial charge < -0.3 is 0 Å². The summed E-state index contributed by atoms with van der Waals surface area (Å²) in [5.74, 6) is 0.662. The SMILES string of the molecule is CC1CCN(Cc2ccc(I)cc2)CC1Cl. The van der Waals surface area contributed by atoms with E-state index in [0.29, 0.717) is 11.3 Å². The molecule has 1 aromatic carbocycles. The van der Waals surface area contributed by atoms with Crippen molar-refractivity contribution in [1.29, 1.82) is 0 Å². The maximum absolute atomic E-state index is 6.31. The third-order valence-electron chi connectivity index (χ3n) is 3.27. The first-order valence-electron chi connectivity index (χ1n) is 5.76. The Balaban J connectivity index is 1.93. The van der Waals surface area contributed by atoms with Crippen molar-refractivity contribution in [2.45, 2.75) is 25.3 Å². The highest BCUT2D eigenvalue weighted by atomic mass is 127. The van der Waals surface area contributed by atoms with Gasteiger partial charge in [0.25, 0.3) is 0 Å². The zero-order valence-electron chi connectivity index (χ0n) is 9.50. The van der Waals surface area contributed by atoms with Crippen LogP contribution < -0.4 is 0 Å². The second kappa shape index (κ2) is 5.69. The van der Waals surface area contributed by atoms with Gasteiger partial charge in [-0.25, -0.2) is 0 Å². The van der Waals surface area contributed by atoms with Crippen LogP contribution >= 0.6 is 34.2 Å². The minimum atomic E-state index is 0.317. The number of alkyl halides is 1. The van der Waals surface area contributed by atoms with Gasteiger partial charge in [-0.15, -0.1) is 11.6 Å². The molecule has 1 nitrogen and oxygen atoms in total. The molecular formula is C13H17ClIN. The van der Waals surface area contributed by atoms with Crippen LogP contribution in [-0.4, -0.2) is 23.4 Å². The summed E-state index contributed by atoms with van der Waals surface area (Å²) in [5, 5.41) is 0.317. The molecule has 0 radical (unpaired) electrons. The predicted octanol–water partition coefficient (Wildman–Crippen LogP) is 3.74. The number of rotatable bonds is 2. The highest BCUT2D eigenvalue weighted by Gasteiger charge is 2.23. The lowest BCUT2D eigenvalue weighted by molar-refractivity contribution is 0.189. The molecule has 88 valence electrons. The molecule has 1 fully saturated rings. The van der Waals surface area contributed by atoms with Gasteiger partial charge in [0.15, 0.2) is 0 Å². The minimum Gasteiger partial charge on any atom is -0.298 e. The number of benzene rings is 1. The normalized spacial score (nSPS) is 26.9. The summed E-state index contributed by atoms with van der Waals surface area (Å²) in [7, 11) is 0. The molecule has 1 saturated heterocycles. The molecule has 2 unspecified atom stereocenters. The van der Waals surface area contributed by atoms with Crippen LogP contribution in [0.25, 0.3) is 0 Å². The Morgan fingerprint density at radius 2 is 2.06 bits per heavy atom. The van der Waals surface area contributed by atoms with Crippen LogP contribution in [0.3, 0.4) is 0 Å². The van der Waals surface area contributed by atoms with Crippen molar-refractivity contribution in [3.05, 3.63) is 33.4 Å². The van der Waals surface area contributed by atoms with E-state index in [4.69, 9.17) is 11.6 Å². The first kappa shape index (κ1) is 12.7. The van der Waals surface area contributed by atoms with Crippen LogP contribution in [0.5, 0.6) is 0 Å². The molecule has 0 spiro atoms. The first-order chi connectivity index (χ1) is 7.65. The van der Waals surface area contributed by atoms with Crippen molar-refractivity contribution in [2.75, 3.05) is 13.1 Å². The van der Waals surface area contributed by atoms with Crippen LogP contribution in [0, 0.1) is 9.49 Å². The minimum absolute atomic E-state index is 0.317. The van der Waals surface area contributed by atoms with Crippen LogP contribution in [0.4, 0.5) is 0 Å². The third kappa shape index (κ3) is 3.34. The largest absolute Gasteiger partial charge is 0.298 e. The number of nitrogens with zero attached hydrogens (tertiary/aromatic N) is 1. The number of likely N-dealkylation sites (tertiary alicyclic amines) is 1. The molecule has 0 bridgehead atoms. The molecule has 3 heteroatoms. The molecule has 1 heterocycles. The Hall–Kier alpha value is 0.200. The van der Waals surface area contributed by atoms with E-state index in [-0.39, 0.29) is 0 Å². The second-order valence-corrected chi connectivity index (χ2v) is 6.45. The summed E-state index contributed by atoms with van der Waals surface area (Å²) in [6.07, 6.45) is 1.22. The average molecular weight is 350 g/mol. The van der Waals surface area contributed by atoms with Gasteiger partial charge in [0.05, 0.1) is 0 Å². The molecule has 2 atom stereocenters. The van der Waals surface area contributed by atoms with E-state index in [9.17, 15) is 0 Å². The standard InChI is InChI=1S/C13H17ClIN/c1-10-6-7-16(9-13(10)14)8-11-2-4-12(15)5-3-11/h2-5,10,13H,6-9H2,1H3. The maximum atomic E-state index is 6.31. The molecule has 1 aliphatic rings. The highest BCUT2D eigenvalue weighted by molar-refractivity contribution is 14.1. The fourth-order valence-electron chi connectivity index (χ4n) is 2.08. The van der Waals surface area contributed by atoms with Crippen molar-refractivity contribution in [3.8, 4) is 0 Å². The number of piperidine rings is 1. The van der Waals surface area contributed by atoms with Gasteiger partial charge in [-0.05, 0) is 59.2 Å². The van der Waals surface area contributed by atoms with E-state index in [1.807, 2.05) is 0 Å². The Kier molecular flexibility index (Phi) is 4.50. The zero-order valence-corrected chi connectivity index (χ0v) is 12.4. The monoisotopic (exact) mass is 349 g/mol. The Morgan fingerprint density at radius 3 is 2.69 bits per heavy atom. The fraction of sp³-hybridized carbons (Fsp3) is 0.538. The number of halogens is 2. The lowest BCUT2D eigenvalue weighted by Crippen LogP contribution is -2.39. The number of hydrogen-bond acceptors (Lipinski definition) is 1. The lowest BCUT2D eigenvalue weighted by Gasteiger charge is -2.33. The van der Waals surface area contributed by atoms with E-state index >= 15 is 0 Å². The summed E-state index contributed by atoms with van der Waals surface area (Å²) in [5.41, 5.74) is 1.39. The molecule has 1 aromatic rings. The zero-order chi connectivity index (χ0) is 11.5. The van der Waals surface area contributed by atoms with E-state index in [1.165, 1.54) is 22.1 Å². The molecule has 0 saturated carbocycles. The first-order valence-corrected chi connectivity index (χ1v) is 7.27. The van der Waals surface area contributed by atoms with Gasteiger partial charge >= 0.3 is 0 Å². The summed E-state index contributed by atoms with van der Waals surface area (Å²) in [6, 6.07) is 8.76. The van der Waals surface area contributed by atoms with E-state index in [2.05, 4.69) is 58.7 Å². The molecule has 0 aliphatic carbocycles. The fourth-order valence-corrected chi connectivity index (χ4v) is 2.76. The molecule has 16 heavy (non-hydrogen) atoms. The summed E-state index contributed by atoms with van der Waals surface area (Å²) < 4.78 is 1.30. The molecule has 1 aliphatic heterocycles. The van der Waals surface area contributed by atoms with Crippen LogP contribution in [0.15, 0.2) is 24.3 Å². The van der Waals surface area contributed by atoms with Gasteiger partial charge in [-0.2, -0.15) is 0 Å². The van der Waals surface area contributed by atoms with Crippen LogP contribution in [-0.2, 0) is 6.54 Å². The van der Waals surface area contributed by atoms with Gasteiger partial charge in [0, 0.05) is 22.0 Å². The molecule has 0 aromatic heterocycles. The van der Waals surface area contributed by atoms with Crippen LogP contribution in [0.2, 0.25) is 0 Å². The molecular weight excluding hydrogens is 333 g/mol. The maximum Gasteiger partial charge on any atom is 0.0489 e. The van der Waals surface area contributed by atoms with Crippen molar-refractivity contribution in [1.82, 2.24) is 4.90 Å². The smallest absolute Gasteiger partial charge is 0.0489 e. The lowest BCUT2D eigenvalue weighted by atomic mass is 9.98. The van der Waals surface area contributed by atoms with Crippen molar-refractivity contribution < 1.29 is 0 Å². The molecule has 0 amide bonds.